The number of allylic oxidation sites excluding steroid dienone is 1. The van der Waals surface area contributed by atoms with Crippen LogP contribution in [-0.4, -0.2) is 71.0 Å². The molecule has 4 rings (SSSR count). The molecule has 0 spiro atoms. The lowest BCUT2D eigenvalue weighted by Gasteiger charge is -2.24. The lowest BCUT2D eigenvalue weighted by Crippen LogP contribution is -2.34. The quantitative estimate of drug-likeness (QED) is 0.419. The first-order chi connectivity index (χ1) is 16.3. The summed E-state index contributed by atoms with van der Waals surface area (Å²) in [5.74, 6) is 0.388. The maximum atomic E-state index is 13.6. The number of hydrogen-bond donors (Lipinski definition) is 4. The van der Waals surface area contributed by atoms with E-state index in [0.717, 1.165) is 11.1 Å². The minimum Gasteiger partial charge on any atom is -0.482 e. The van der Waals surface area contributed by atoms with Gasteiger partial charge in [0, 0.05) is 43.5 Å². The zero-order chi connectivity index (χ0) is 24.3. The lowest BCUT2D eigenvalue weighted by atomic mass is 9.92. The number of aliphatic hydroxyl groups is 2. The molecule has 1 aromatic carbocycles. The molecular formula is C25H29FN4O4. The molecule has 1 amide bonds. The normalized spacial score (nSPS) is 18.5. The number of halogens is 1. The molecule has 3 heterocycles. The molecule has 2 aliphatic heterocycles. The van der Waals surface area contributed by atoms with Crippen molar-refractivity contribution in [3.63, 3.8) is 0 Å². The predicted octanol–water partition coefficient (Wildman–Crippen LogP) is 2.47. The molecule has 34 heavy (non-hydrogen) atoms. The fourth-order valence-corrected chi connectivity index (χ4v) is 4.26. The van der Waals surface area contributed by atoms with E-state index in [1.54, 1.807) is 12.3 Å². The number of fused-ring (bicyclic) bond motifs is 1. The van der Waals surface area contributed by atoms with Crippen LogP contribution < -0.4 is 10.6 Å². The highest BCUT2D eigenvalue weighted by molar-refractivity contribution is 6.32. The second-order valence-corrected chi connectivity index (χ2v) is 8.70. The SMILES string of the molecule is CC1(C)OC(=C2C(=O)Nc3cc(F)ccc32)C=C1c1ccnc(NCCN(CCO)CCO)c1. The Hall–Kier alpha value is -3.27. The number of anilines is 2. The number of hydrogen-bond acceptors (Lipinski definition) is 7. The predicted molar refractivity (Wildman–Crippen MR) is 128 cm³/mol. The fourth-order valence-electron chi connectivity index (χ4n) is 4.26. The summed E-state index contributed by atoms with van der Waals surface area (Å²) < 4.78 is 19.8. The number of ether oxygens (including phenoxy) is 1. The second-order valence-electron chi connectivity index (χ2n) is 8.70. The van der Waals surface area contributed by atoms with Crippen molar-refractivity contribution in [1.29, 1.82) is 0 Å². The molecule has 0 atom stereocenters. The number of benzene rings is 1. The van der Waals surface area contributed by atoms with Gasteiger partial charge in [-0.15, -0.1) is 0 Å². The number of aliphatic hydroxyl groups excluding tert-OH is 2. The molecule has 8 nitrogen and oxygen atoms in total. The van der Waals surface area contributed by atoms with Crippen molar-refractivity contribution < 1.29 is 24.1 Å². The van der Waals surface area contributed by atoms with Gasteiger partial charge < -0.3 is 25.6 Å². The van der Waals surface area contributed by atoms with Crippen LogP contribution in [0.15, 0.2) is 48.4 Å². The minimum absolute atomic E-state index is 0.0340. The Balaban J connectivity index is 1.57. The summed E-state index contributed by atoms with van der Waals surface area (Å²) >= 11 is 0. The number of nitrogens with one attached hydrogen (secondary N) is 2. The van der Waals surface area contributed by atoms with Crippen LogP contribution in [0.3, 0.4) is 0 Å². The maximum Gasteiger partial charge on any atom is 0.260 e. The molecule has 2 aromatic rings. The van der Waals surface area contributed by atoms with Crippen LogP contribution in [0.25, 0.3) is 11.1 Å². The van der Waals surface area contributed by atoms with E-state index in [4.69, 9.17) is 14.9 Å². The molecule has 0 saturated carbocycles. The summed E-state index contributed by atoms with van der Waals surface area (Å²) in [6.45, 7) is 6.16. The van der Waals surface area contributed by atoms with Gasteiger partial charge in [-0.1, -0.05) is 0 Å². The van der Waals surface area contributed by atoms with Crippen LogP contribution in [0.5, 0.6) is 0 Å². The van der Waals surface area contributed by atoms with Gasteiger partial charge in [0.05, 0.1) is 24.5 Å². The van der Waals surface area contributed by atoms with Gasteiger partial charge in [0.25, 0.3) is 5.91 Å². The Labute approximate surface area is 197 Å². The number of amides is 1. The van der Waals surface area contributed by atoms with E-state index in [2.05, 4.69) is 15.6 Å². The molecule has 0 unspecified atom stereocenters. The van der Waals surface area contributed by atoms with Crippen molar-refractivity contribution in [3.05, 3.63) is 65.3 Å². The first-order valence-electron chi connectivity index (χ1n) is 11.2. The van der Waals surface area contributed by atoms with Crippen LogP contribution >= 0.6 is 0 Å². The van der Waals surface area contributed by atoms with Crippen molar-refractivity contribution >= 4 is 28.6 Å². The average Bonchev–Trinajstić information content (AvgIpc) is 3.28. The van der Waals surface area contributed by atoms with Crippen molar-refractivity contribution in [1.82, 2.24) is 9.88 Å². The summed E-state index contributed by atoms with van der Waals surface area (Å²) in [5, 5.41) is 24.3. The molecule has 0 bridgehead atoms. The number of nitrogens with zero attached hydrogens (tertiary/aromatic N) is 2. The molecule has 0 radical (unpaired) electrons. The Bertz CT molecular complexity index is 1140. The summed E-state index contributed by atoms with van der Waals surface area (Å²) in [6.07, 6.45) is 3.57. The van der Waals surface area contributed by atoms with Crippen LogP contribution in [0.4, 0.5) is 15.9 Å². The third-order valence-electron chi connectivity index (χ3n) is 5.90. The summed E-state index contributed by atoms with van der Waals surface area (Å²) in [6, 6.07) is 8.02. The molecule has 0 fully saturated rings. The largest absolute Gasteiger partial charge is 0.482 e. The van der Waals surface area contributed by atoms with Crippen LogP contribution in [0.2, 0.25) is 0 Å². The lowest BCUT2D eigenvalue weighted by molar-refractivity contribution is -0.111. The molecule has 1 aromatic heterocycles. The van der Waals surface area contributed by atoms with E-state index in [0.29, 0.717) is 54.6 Å². The summed E-state index contributed by atoms with van der Waals surface area (Å²) in [5.41, 5.74) is 2.54. The number of carbonyl (C=O) groups excluding carboxylic acids is 1. The fraction of sp³-hybridized carbons (Fsp3) is 0.360. The van der Waals surface area contributed by atoms with Crippen molar-refractivity contribution in [2.24, 2.45) is 0 Å². The topological polar surface area (TPSA) is 107 Å². The van der Waals surface area contributed by atoms with E-state index >= 15 is 0 Å². The number of aromatic nitrogens is 1. The molecule has 0 saturated heterocycles. The number of rotatable bonds is 9. The molecule has 4 N–H and O–H groups in total. The van der Waals surface area contributed by atoms with E-state index in [1.165, 1.54) is 12.1 Å². The highest BCUT2D eigenvalue weighted by atomic mass is 19.1. The van der Waals surface area contributed by atoms with Crippen LogP contribution in [-0.2, 0) is 9.53 Å². The Morgan fingerprint density at radius 3 is 2.65 bits per heavy atom. The van der Waals surface area contributed by atoms with E-state index in [9.17, 15) is 9.18 Å². The Morgan fingerprint density at radius 1 is 1.15 bits per heavy atom. The van der Waals surface area contributed by atoms with E-state index in [1.807, 2.05) is 37.0 Å². The molecule has 9 heteroatoms. The van der Waals surface area contributed by atoms with Gasteiger partial charge in [-0.3, -0.25) is 9.69 Å². The first-order valence-corrected chi connectivity index (χ1v) is 11.2. The summed E-state index contributed by atoms with van der Waals surface area (Å²) in [4.78, 5) is 19.0. The zero-order valence-electron chi connectivity index (χ0n) is 19.3. The second kappa shape index (κ2) is 9.92. The smallest absolute Gasteiger partial charge is 0.260 e. The zero-order valence-corrected chi connectivity index (χ0v) is 19.3. The average molecular weight is 469 g/mol. The number of pyridine rings is 1. The highest BCUT2D eigenvalue weighted by Gasteiger charge is 2.38. The van der Waals surface area contributed by atoms with Gasteiger partial charge >= 0.3 is 0 Å². The monoisotopic (exact) mass is 468 g/mol. The molecule has 2 aliphatic rings. The molecule has 0 aliphatic carbocycles. The first kappa shape index (κ1) is 23.9. The standard InChI is InChI=1S/C25H29FN4O4/c1-25(2)19(15-21(34-25)23-18-4-3-17(26)14-20(18)29-24(23)33)16-5-6-27-22(13-16)28-7-8-30(9-11-31)10-12-32/h3-6,13-15,31-32H,7-12H2,1-2H3,(H,27,28)(H,29,33). The van der Waals surface area contributed by atoms with Gasteiger partial charge in [-0.25, -0.2) is 9.37 Å². The van der Waals surface area contributed by atoms with Crippen molar-refractivity contribution in [3.8, 4) is 0 Å². The van der Waals surface area contributed by atoms with Gasteiger partial charge in [0.2, 0.25) is 0 Å². The van der Waals surface area contributed by atoms with E-state index < -0.39 is 11.4 Å². The van der Waals surface area contributed by atoms with Gasteiger partial charge in [0.15, 0.2) is 0 Å². The maximum absolute atomic E-state index is 13.6. The van der Waals surface area contributed by atoms with Gasteiger partial charge in [0.1, 0.15) is 23.0 Å². The van der Waals surface area contributed by atoms with Crippen LogP contribution in [0.1, 0.15) is 25.0 Å². The van der Waals surface area contributed by atoms with Crippen molar-refractivity contribution in [2.75, 3.05) is 50.0 Å². The Kier molecular flexibility index (Phi) is 6.97. The molecular weight excluding hydrogens is 439 g/mol. The third kappa shape index (κ3) is 4.96. The minimum atomic E-state index is -0.691. The number of carbonyl (C=O) groups is 1. The third-order valence-corrected chi connectivity index (χ3v) is 5.90. The highest BCUT2D eigenvalue weighted by Crippen LogP contribution is 2.44. The van der Waals surface area contributed by atoms with Gasteiger partial charge in [-0.05, 0) is 55.8 Å². The summed E-state index contributed by atoms with van der Waals surface area (Å²) in [7, 11) is 0. The Morgan fingerprint density at radius 2 is 1.91 bits per heavy atom. The van der Waals surface area contributed by atoms with Crippen LogP contribution in [0, 0.1) is 5.82 Å². The van der Waals surface area contributed by atoms with Gasteiger partial charge in [-0.2, -0.15) is 0 Å². The molecule has 180 valence electrons. The van der Waals surface area contributed by atoms with Crippen molar-refractivity contribution in [2.45, 2.75) is 19.4 Å². The van der Waals surface area contributed by atoms with E-state index in [-0.39, 0.29) is 19.1 Å².